The lowest BCUT2D eigenvalue weighted by Gasteiger charge is -2.41. The first-order valence-corrected chi connectivity index (χ1v) is 4.47. The van der Waals surface area contributed by atoms with Gasteiger partial charge >= 0.3 is 0 Å². The molecule has 0 saturated carbocycles. The normalized spacial score (nSPS) is 29.1. The van der Waals surface area contributed by atoms with E-state index in [0.29, 0.717) is 11.4 Å². The van der Waals surface area contributed by atoms with Crippen molar-refractivity contribution in [2.45, 2.75) is 6.17 Å². The molecule has 0 spiro atoms. The number of fused-ring (bicyclic) bond motifs is 1. The summed E-state index contributed by atoms with van der Waals surface area (Å²) in [5, 5.41) is 11.2. The molecule has 1 aromatic heterocycles. The zero-order valence-electron chi connectivity index (χ0n) is 8.21. The molecule has 0 radical (unpaired) electrons. The van der Waals surface area contributed by atoms with Gasteiger partial charge in [0.1, 0.15) is 0 Å². The standard InChI is InChI=1S/C9H11N3O3/c1-12(9(13)14)6-2-3-11-4-7(6)15-5-8(12)10/h2-4,8H,5,10H2,1H3. The first kappa shape index (κ1) is 9.88. The third-order valence-electron chi connectivity index (χ3n) is 2.72. The first-order valence-electron chi connectivity index (χ1n) is 4.47. The molecule has 2 rings (SSSR count). The summed E-state index contributed by atoms with van der Waals surface area (Å²) in [4.78, 5) is 15.0. The van der Waals surface area contributed by atoms with Gasteiger partial charge in [0, 0.05) is 12.3 Å². The number of hydrogen-bond acceptors (Lipinski definition) is 5. The predicted molar refractivity (Wildman–Crippen MR) is 50.8 cm³/mol. The van der Waals surface area contributed by atoms with Crippen molar-refractivity contribution in [2.75, 3.05) is 13.7 Å². The zero-order chi connectivity index (χ0) is 11.1. The molecule has 0 aromatic carbocycles. The van der Waals surface area contributed by atoms with Gasteiger partial charge in [-0.05, 0) is 0 Å². The number of amides is 1. The Labute approximate surface area is 86.5 Å². The maximum atomic E-state index is 11.2. The topological polar surface area (TPSA) is 88.3 Å². The lowest BCUT2D eigenvalue weighted by molar-refractivity contribution is -0.266. The summed E-state index contributed by atoms with van der Waals surface area (Å²) in [7, 11) is 1.49. The molecule has 0 fully saturated rings. The van der Waals surface area contributed by atoms with E-state index >= 15 is 0 Å². The molecule has 1 aromatic rings. The molecule has 1 aliphatic heterocycles. The second-order valence-electron chi connectivity index (χ2n) is 3.56. The lowest BCUT2D eigenvalue weighted by Crippen LogP contribution is -2.69. The van der Waals surface area contributed by atoms with Gasteiger partial charge in [0.2, 0.25) is 0 Å². The van der Waals surface area contributed by atoms with Crippen molar-refractivity contribution in [3.8, 4) is 5.75 Å². The SMILES string of the molecule is C[N+]1(C(=O)[O-])c2ccncc2OCC1N. The lowest BCUT2D eigenvalue weighted by atomic mass is 10.2. The van der Waals surface area contributed by atoms with Crippen LogP contribution in [0.5, 0.6) is 5.75 Å². The van der Waals surface area contributed by atoms with Crippen molar-refractivity contribution >= 4 is 11.8 Å². The fraction of sp³-hybridized carbons (Fsp3) is 0.333. The summed E-state index contributed by atoms with van der Waals surface area (Å²) in [6, 6.07) is 1.57. The largest absolute Gasteiger partial charge is 0.498 e. The van der Waals surface area contributed by atoms with Crippen LogP contribution >= 0.6 is 0 Å². The minimum atomic E-state index is -1.25. The predicted octanol–water partition coefficient (Wildman–Crippen LogP) is -0.961. The van der Waals surface area contributed by atoms with Crippen LogP contribution in [0.4, 0.5) is 10.5 Å². The molecular weight excluding hydrogens is 198 g/mol. The molecule has 15 heavy (non-hydrogen) atoms. The van der Waals surface area contributed by atoms with Gasteiger partial charge in [0.25, 0.3) is 6.09 Å². The number of rotatable bonds is 0. The van der Waals surface area contributed by atoms with Gasteiger partial charge in [-0.1, -0.05) is 0 Å². The summed E-state index contributed by atoms with van der Waals surface area (Å²) >= 11 is 0. The summed E-state index contributed by atoms with van der Waals surface area (Å²) in [5.41, 5.74) is 6.20. The molecule has 6 heteroatoms. The minimum Gasteiger partial charge on any atom is -0.498 e. The Balaban J connectivity index is 2.60. The van der Waals surface area contributed by atoms with Crippen LogP contribution in [0, 0.1) is 0 Å². The van der Waals surface area contributed by atoms with Crippen molar-refractivity contribution in [1.29, 1.82) is 0 Å². The quantitative estimate of drug-likeness (QED) is 0.556. The number of carbonyl (C=O) groups excluding carboxylic acids is 1. The van der Waals surface area contributed by atoms with Crippen LogP contribution in [0.3, 0.4) is 0 Å². The molecule has 2 atom stereocenters. The van der Waals surface area contributed by atoms with E-state index < -0.39 is 16.7 Å². The van der Waals surface area contributed by atoms with Crippen molar-refractivity contribution in [1.82, 2.24) is 9.47 Å². The van der Waals surface area contributed by atoms with E-state index in [1.165, 1.54) is 19.4 Å². The fourth-order valence-electron chi connectivity index (χ4n) is 1.60. The molecule has 2 N–H and O–H groups in total. The van der Waals surface area contributed by atoms with E-state index in [1.807, 2.05) is 0 Å². The number of quaternary nitrogens is 1. The van der Waals surface area contributed by atoms with Crippen molar-refractivity contribution in [3.63, 3.8) is 0 Å². The van der Waals surface area contributed by atoms with Gasteiger partial charge < -0.3 is 14.6 Å². The van der Waals surface area contributed by atoms with E-state index in [4.69, 9.17) is 10.5 Å². The second kappa shape index (κ2) is 3.18. The maximum Gasteiger partial charge on any atom is 0.264 e. The molecular formula is C9H11N3O3. The van der Waals surface area contributed by atoms with Crippen LogP contribution in [0.1, 0.15) is 0 Å². The number of carbonyl (C=O) groups is 1. The zero-order valence-corrected chi connectivity index (χ0v) is 8.21. The smallest absolute Gasteiger partial charge is 0.264 e. The van der Waals surface area contributed by atoms with E-state index in [-0.39, 0.29) is 6.61 Å². The third-order valence-corrected chi connectivity index (χ3v) is 2.72. The highest BCUT2D eigenvalue weighted by Gasteiger charge is 2.41. The highest BCUT2D eigenvalue weighted by Crippen LogP contribution is 2.35. The molecule has 0 saturated heterocycles. The van der Waals surface area contributed by atoms with Gasteiger partial charge in [-0.2, -0.15) is 0 Å². The summed E-state index contributed by atoms with van der Waals surface area (Å²) in [5.74, 6) is 0.436. The van der Waals surface area contributed by atoms with Gasteiger partial charge in [0.15, 0.2) is 24.2 Å². The van der Waals surface area contributed by atoms with Crippen LogP contribution in [-0.2, 0) is 0 Å². The number of nitrogens with two attached hydrogens (primary N) is 1. The number of nitrogens with zero attached hydrogens (tertiary/aromatic N) is 2. The second-order valence-corrected chi connectivity index (χ2v) is 3.56. The summed E-state index contributed by atoms with van der Waals surface area (Å²) in [6.45, 7) is 0.128. The molecule has 2 unspecified atom stereocenters. The summed E-state index contributed by atoms with van der Waals surface area (Å²) in [6.07, 6.45) is 1.04. The van der Waals surface area contributed by atoms with E-state index in [1.54, 1.807) is 6.07 Å². The van der Waals surface area contributed by atoms with Crippen LogP contribution in [-0.4, -0.2) is 30.9 Å². The monoisotopic (exact) mass is 209 g/mol. The van der Waals surface area contributed by atoms with Crippen molar-refractivity contribution in [2.24, 2.45) is 5.73 Å². The Morgan fingerprint density at radius 2 is 2.53 bits per heavy atom. The van der Waals surface area contributed by atoms with Crippen molar-refractivity contribution < 1.29 is 14.6 Å². The Morgan fingerprint density at radius 1 is 1.80 bits per heavy atom. The summed E-state index contributed by atoms with van der Waals surface area (Å²) < 4.78 is 4.80. The van der Waals surface area contributed by atoms with E-state index in [2.05, 4.69) is 4.98 Å². The molecule has 1 amide bonds. The van der Waals surface area contributed by atoms with Gasteiger partial charge in [-0.3, -0.25) is 10.7 Å². The van der Waals surface area contributed by atoms with E-state index in [9.17, 15) is 9.90 Å². The molecule has 0 bridgehead atoms. The number of pyridine rings is 1. The molecule has 0 aliphatic carbocycles. The molecule has 6 nitrogen and oxygen atoms in total. The Kier molecular flexibility index (Phi) is 2.09. The highest BCUT2D eigenvalue weighted by molar-refractivity contribution is 5.81. The molecule has 80 valence electrons. The van der Waals surface area contributed by atoms with Crippen LogP contribution in [0.15, 0.2) is 18.5 Å². The third kappa shape index (κ3) is 1.26. The minimum absolute atomic E-state index is 0.128. The highest BCUT2D eigenvalue weighted by atomic mass is 16.5. The average Bonchev–Trinajstić information content (AvgIpc) is 2.23. The van der Waals surface area contributed by atoms with Gasteiger partial charge in [-0.15, -0.1) is 0 Å². The first-order chi connectivity index (χ1) is 7.06. The number of ether oxygens (including phenoxy) is 1. The van der Waals surface area contributed by atoms with Crippen LogP contribution in [0.25, 0.3) is 0 Å². The Morgan fingerprint density at radius 3 is 3.20 bits per heavy atom. The average molecular weight is 209 g/mol. The van der Waals surface area contributed by atoms with Crippen LogP contribution < -0.4 is 20.1 Å². The Bertz CT molecular complexity index is 409. The molecule has 1 aliphatic rings. The fourth-order valence-corrected chi connectivity index (χ4v) is 1.60. The maximum absolute atomic E-state index is 11.2. The number of aromatic nitrogens is 1. The van der Waals surface area contributed by atoms with E-state index in [0.717, 1.165) is 0 Å². The number of carboxylic acid groups (broad SMARTS) is 1. The van der Waals surface area contributed by atoms with Crippen molar-refractivity contribution in [3.05, 3.63) is 18.5 Å². The van der Waals surface area contributed by atoms with Gasteiger partial charge in [0.05, 0.1) is 13.2 Å². The number of likely N-dealkylation sites (N-methyl/N-ethyl adjacent to an activating group) is 1. The molecule has 2 heterocycles. The van der Waals surface area contributed by atoms with Crippen LogP contribution in [0.2, 0.25) is 0 Å². The Hall–Kier alpha value is -1.66. The van der Waals surface area contributed by atoms with Gasteiger partial charge in [-0.25, -0.2) is 4.48 Å². The number of hydrogen-bond donors (Lipinski definition) is 1.